The molecule has 0 bridgehead atoms. The van der Waals surface area contributed by atoms with Gasteiger partial charge in [-0.1, -0.05) is 5.21 Å². The standard InChI is InChI=1S/C18H21N7O6/c1-9-4-23(17(29)19-15(9)27)6-11-7-25(22-21-11)12-3-14(31-13(12)8-26)24-5-10(2)16(28)20-18(24)30/h4-5,7,12-14,26H,3,6,8H2,1-2H3,(H,19,27,29)(H,20,28,30)/t12-,13+,14+/m0/s1. The minimum Gasteiger partial charge on any atom is -0.394 e. The predicted octanol–water partition coefficient (Wildman–Crippen LogP) is -1.84. The summed E-state index contributed by atoms with van der Waals surface area (Å²) in [7, 11) is 0. The van der Waals surface area contributed by atoms with E-state index in [2.05, 4.69) is 20.3 Å². The van der Waals surface area contributed by atoms with Crippen molar-refractivity contribution in [2.24, 2.45) is 0 Å². The van der Waals surface area contributed by atoms with Gasteiger partial charge < -0.3 is 9.84 Å². The van der Waals surface area contributed by atoms with Gasteiger partial charge in [-0.05, 0) is 13.8 Å². The van der Waals surface area contributed by atoms with Crippen molar-refractivity contribution < 1.29 is 9.84 Å². The smallest absolute Gasteiger partial charge is 0.330 e. The van der Waals surface area contributed by atoms with E-state index in [4.69, 9.17) is 4.74 Å². The highest BCUT2D eigenvalue weighted by Gasteiger charge is 2.38. The van der Waals surface area contributed by atoms with Gasteiger partial charge in [-0.2, -0.15) is 0 Å². The fourth-order valence-electron chi connectivity index (χ4n) is 3.59. The van der Waals surface area contributed by atoms with E-state index in [9.17, 15) is 24.3 Å². The monoisotopic (exact) mass is 431 g/mol. The van der Waals surface area contributed by atoms with Gasteiger partial charge in [0, 0.05) is 29.9 Å². The van der Waals surface area contributed by atoms with Crippen LogP contribution in [0.2, 0.25) is 0 Å². The molecule has 1 saturated heterocycles. The van der Waals surface area contributed by atoms with Crippen molar-refractivity contribution in [1.82, 2.24) is 34.1 Å². The lowest BCUT2D eigenvalue weighted by atomic mass is 10.1. The average molecular weight is 431 g/mol. The van der Waals surface area contributed by atoms with Crippen molar-refractivity contribution in [1.29, 1.82) is 0 Å². The van der Waals surface area contributed by atoms with Crippen molar-refractivity contribution in [2.75, 3.05) is 6.61 Å². The summed E-state index contributed by atoms with van der Waals surface area (Å²) in [6.45, 7) is 2.95. The van der Waals surface area contributed by atoms with Crippen molar-refractivity contribution in [3.63, 3.8) is 0 Å². The number of aromatic amines is 2. The van der Waals surface area contributed by atoms with Crippen LogP contribution in [0.15, 0.2) is 37.8 Å². The van der Waals surface area contributed by atoms with Crippen LogP contribution in [0.1, 0.15) is 35.5 Å². The first kappa shape index (κ1) is 20.7. The third-order valence-corrected chi connectivity index (χ3v) is 5.26. The molecule has 3 atom stereocenters. The zero-order valence-electron chi connectivity index (χ0n) is 16.8. The number of rotatable bonds is 5. The average Bonchev–Trinajstić information content (AvgIpc) is 3.35. The molecule has 0 unspecified atom stereocenters. The molecule has 4 heterocycles. The van der Waals surface area contributed by atoms with Gasteiger partial charge in [0.1, 0.15) is 18.0 Å². The Bertz CT molecular complexity index is 1350. The zero-order valence-corrected chi connectivity index (χ0v) is 16.8. The molecule has 3 aromatic rings. The van der Waals surface area contributed by atoms with E-state index < -0.39 is 40.9 Å². The van der Waals surface area contributed by atoms with Crippen LogP contribution in [0, 0.1) is 13.8 Å². The molecule has 0 radical (unpaired) electrons. The SMILES string of the molecule is Cc1cn(Cc2cn([C@H]3C[C@H](n4cc(C)c(=O)[nH]c4=O)O[C@@H]3CO)nn2)c(=O)[nH]c1=O. The molecule has 0 spiro atoms. The molecule has 31 heavy (non-hydrogen) atoms. The molecule has 3 N–H and O–H groups in total. The minimum absolute atomic E-state index is 0.0931. The highest BCUT2D eigenvalue weighted by molar-refractivity contribution is 5.05. The summed E-state index contributed by atoms with van der Waals surface area (Å²) in [6.07, 6.45) is 3.42. The molecule has 4 rings (SSSR count). The second-order valence-corrected chi connectivity index (χ2v) is 7.48. The maximum Gasteiger partial charge on any atom is 0.330 e. The first-order valence-corrected chi connectivity index (χ1v) is 9.56. The molecule has 0 aliphatic carbocycles. The number of nitrogens with one attached hydrogen (secondary N) is 2. The van der Waals surface area contributed by atoms with Gasteiger partial charge in [0.2, 0.25) is 0 Å². The van der Waals surface area contributed by atoms with E-state index in [0.717, 1.165) is 0 Å². The first-order chi connectivity index (χ1) is 14.8. The van der Waals surface area contributed by atoms with Crippen molar-refractivity contribution in [3.8, 4) is 0 Å². The molecule has 1 aliphatic heterocycles. The molecule has 3 aromatic heterocycles. The number of hydrogen-bond donors (Lipinski definition) is 3. The van der Waals surface area contributed by atoms with Crippen LogP contribution in [-0.2, 0) is 11.3 Å². The fourth-order valence-corrected chi connectivity index (χ4v) is 3.59. The van der Waals surface area contributed by atoms with Gasteiger partial charge in [0.15, 0.2) is 0 Å². The molecular weight excluding hydrogens is 410 g/mol. The summed E-state index contributed by atoms with van der Waals surface area (Å²) < 4.78 is 9.93. The van der Waals surface area contributed by atoms with Gasteiger partial charge in [-0.15, -0.1) is 5.10 Å². The fraction of sp³-hybridized carbons (Fsp3) is 0.444. The van der Waals surface area contributed by atoms with Gasteiger partial charge in [-0.3, -0.25) is 28.7 Å². The van der Waals surface area contributed by atoms with E-state index >= 15 is 0 Å². The highest BCUT2D eigenvalue weighted by atomic mass is 16.5. The van der Waals surface area contributed by atoms with E-state index in [1.165, 1.54) is 26.2 Å². The molecule has 13 nitrogen and oxygen atoms in total. The van der Waals surface area contributed by atoms with Crippen molar-refractivity contribution in [3.05, 3.63) is 77.1 Å². The number of hydrogen-bond acceptors (Lipinski definition) is 8. The minimum atomic E-state index is -0.706. The number of aromatic nitrogens is 7. The van der Waals surface area contributed by atoms with E-state index in [1.54, 1.807) is 20.0 Å². The van der Waals surface area contributed by atoms with Gasteiger partial charge >= 0.3 is 11.4 Å². The molecule has 0 aromatic carbocycles. The van der Waals surface area contributed by atoms with Gasteiger partial charge in [-0.25, -0.2) is 14.3 Å². The van der Waals surface area contributed by atoms with Crippen LogP contribution in [0.5, 0.6) is 0 Å². The Labute approximate surface area is 173 Å². The molecule has 1 fully saturated rings. The van der Waals surface area contributed by atoms with Crippen LogP contribution >= 0.6 is 0 Å². The Hall–Kier alpha value is -3.58. The summed E-state index contributed by atoms with van der Waals surface area (Å²) in [5, 5.41) is 17.9. The number of H-pyrrole nitrogens is 2. The maximum atomic E-state index is 12.2. The number of aryl methyl sites for hydroxylation is 2. The second-order valence-electron chi connectivity index (χ2n) is 7.48. The number of aliphatic hydroxyl groups is 1. The lowest BCUT2D eigenvalue weighted by molar-refractivity contribution is -0.0323. The molecular formula is C18H21N7O6. The second kappa shape index (κ2) is 7.92. The summed E-state index contributed by atoms with van der Waals surface area (Å²) >= 11 is 0. The summed E-state index contributed by atoms with van der Waals surface area (Å²) in [4.78, 5) is 51.8. The molecule has 164 valence electrons. The molecule has 0 saturated carbocycles. The lowest BCUT2D eigenvalue weighted by Crippen LogP contribution is -2.33. The first-order valence-electron chi connectivity index (χ1n) is 9.56. The maximum absolute atomic E-state index is 12.2. The van der Waals surface area contributed by atoms with E-state index in [0.29, 0.717) is 23.2 Å². The number of ether oxygens (including phenoxy) is 1. The van der Waals surface area contributed by atoms with Gasteiger partial charge in [0.05, 0.1) is 25.4 Å². The van der Waals surface area contributed by atoms with Crippen LogP contribution in [0.4, 0.5) is 0 Å². The van der Waals surface area contributed by atoms with Crippen molar-refractivity contribution >= 4 is 0 Å². The summed E-state index contributed by atoms with van der Waals surface area (Å²) in [5.41, 5.74) is -0.871. The topological polar surface area (TPSA) is 170 Å². The summed E-state index contributed by atoms with van der Waals surface area (Å²) in [5.74, 6) is 0. The molecule has 1 aliphatic rings. The van der Waals surface area contributed by atoms with Crippen LogP contribution < -0.4 is 22.5 Å². The Morgan fingerprint density at radius 1 is 1.06 bits per heavy atom. The van der Waals surface area contributed by atoms with Gasteiger partial charge in [0.25, 0.3) is 11.1 Å². The Kier molecular flexibility index (Phi) is 5.29. The third-order valence-electron chi connectivity index (χ3n) is 5.26. The molecule has 13 heteroatoms. The van der Waals surface area contributed by atoms with Crippen LogP contribution in [-0.4, -0.2) is 51.9 Å². The van der Waals surface area contributed by atoms with Crippen LogP contribution in [0.25, 0.3) is 0 Å². The normalized spacial score (nSPS) is 20.9. The quantitative estimate of drug-likeness (QED) is 0.423. The summed E-state index contributed by atoms with van der Waals surface area (Å²) in [6, 6.07) is -0.426. The van der Waals surface area contributed by atoms with E-state index in [-0.39, 0.29) is 13.2 Å². The Morgan fingerprint density at radius 3 is 2.45 bits per heavy atom. The van der Waals surface area contributed by atoms with Crippen LogP contribution in [0.3, 0.4) is 0 Å². The Balaban J connectivity index is 1.58. The molecule has 0 amide bonds. The number of nitrogens with zero attached hydrogens (tertiary/aromatic N) is 5. The highest BCUT2D eigenvalue weighted by Crippen LogP contribution is 2.35. The Morgan fingerprint density at radius 2 is 1.74 bits per heavy atom. The predicted molar refractivity (Wildman–Crippen MR) is 106 cm³/mol. The third kappa shape index (κ3) is 3.92. The van der Waals surface area contributed by atoms with Crippen molar-refractivity contribution in [2.45, 2.75) is 45.2 Å². The van der Waals surface area contributed by atoms with E-state index in [1.807, 2.05) is 0 Å². The lowest BCUT2D eigenvalue weighted by Gasteiger charge is -2.15. The number of aliphatic hydroxyl groups excluding tert-OH is 1. The largest absolute Gasteiger partial charge is 0.394 e. The zero-order chi connectivity index (χ0) is 22.3.